The molecular weight excluding hydrogens is 346 g/mol. The molecule has 136 valence electrons. The molecule has 8 heteroatoms. The number of esters is 1. The summed E-state index contributed by atoms with van der Waals surface area (Å²) in [6.07, 6.45) is 10.2. The first-order valence-corrected chi connectivity index (χ1v) is 8.44. The number of ether oxygens (including phenoxy) is 1. The number of para-hydroxylation sites is 1. The molecule has 8 nitrogen and oxygen atoms in total. The highest BCUT2D eigenvalue weighted by molar-refractivity contribution is 5.96. The molecule has 27 heavy (non-hydrogen) atoms. The van der Waals surface area contributed by atoms with Crippen molar-refractivity contribution in [3.8, 4) is 16.9 Å². The van der Waals surface area contributed by atoms with Gasteiger partial charge in [-0.3, -0.25) is 14.5 Å². The molecule has 0 atom stereocenters. The number of aromatic nitrogens is 3. The smallest absolute Gasteiger partial charge is 0.342 e. The third-order valence-electron chi connectivity index (χ3n) is 4.07. The van der Waals surface area contributed by atoms with Gasteiger partial charge in [0.05, 0.1) is 17.9 Å². The van der Waals surface area contributed by atoms with Gasteiger partial charge in [-0.25, -0.2) is 4.79 Å². The van der Waals surface area contributed by atoms with Crippen LogP contribution in [0.15, 0.2) is 72.3 Å². The lowest BCUT2D eigenvalue weighted by Gasteiger charge is -2.23. The van der Waals surface area contributed by atoms with E-state index in [0.29, 0.717) is 16.9 Å². The van der Waals surface area contributed by atoms with E-state index in [-0.39, 0.29) is 17.7 Å². The van der Waals surface area contributed by atoms with Crippen LogP contribution in [0, 0.1) is 0 Å². The largest absolute Gasteiger partial charge is 0.462 e. The van der Waals surface area contributed by atoms with Crippen LogP contribution >= 0.6 is 0 Å². The van der Waals surface area contributed by atoms with Gasteiger partial charge in [-0.05, 0) is 19.1 Å². The van der Waals surface area contributed by atoms with Gasteiger partial charge in [-0.2, -0.15) is 9.78 Å². The quantitative estimate of drug-likeness (QED) is 0.712. The van der Waals surface area contributed by atoms with Crippen molar-refractivity contribution in [2.75, 3.05) is 11.6 Å². The van der Waals surface area contributed by atoms with Crippen molar-refractivity contribution in [3.05, 3.63) is 83.4 Å². The van der Waals surface area contributed by atoms with E-state index in [4.69, 9.17) is 4.74 Å². The summed E-state index contributed by atoms with van der Waals surface area (Å²) in [6, 6.07) is 9.08. The standard InChI is InChI=1S/C19H17N5O3/c1-2-27-19(26)16-13-23(22-10-8-20-9-11-22)12-15-17(16)21-24(18(15)25)14-6-4-3-5-7-14/h3-13,20H,2H2,1H3. The first kappa shape index (κ1) is 16.6. The maximum Gasteiger partial charge on any atom is 0.342 e. The summed E-state index contributed by atoms with van der Waals surface area (Å²) < 4.78 is 8.10. The summed E-state index contributed by atoms with van der Waals surface area (Å²) in [4.78, 5) is 25.5. The number of carbonyl (C=O) groups excluding carboxylic acids is 1. The molecule has 0 spiro atoms. The summed E-state index contributed by atoms with van der Waals surface area (Å²) >= 11 is 0. The Labute approximate surface area is 154 Å². The van der Waals surface area contributed by atoms with E-state index in [1.807, 2.05) is 18.2 Å². The van der Waals surface area contributed by atoms with Crippen molar-refractivity contribution < 1.29 is 9.53 Å². The molecule has 1 aromatic carbocycles. The molecule has 4 rings (SSSR count). The fourth-order valence-corrected chi connectivity index (χ4v) is 2.83. The van der Waals surface area contributed by atoms with E-state index in [0.717, 1.165) is 0 Å². The molecule has 0 bridgehead atoms. The predicted octanol–water partition coefficient (Wildman–Crippen LogP) is 1.80. The first-order chi connectivity index (χ1) is 13.2. The molecule has 0 saturated carbocycles. The van der Waals surface area contributed by atoms with Gasteiger partial charge in [-0.15, -0.1) is 0 Å². The zero-order valence-electron chi connectivity index (χ0n) is 14.6. The topological polar surface area (TPSA) is 81.4 Å². The van der Waals surface area contributed by atoms with Crippen LogP contribution in [0.2, 0.25) is 0 Å². The van der Waals surface area contributed by atoms with Crippen LogP contribution in [0.4, 0.5) is 0 Å². The average Bonchev–Trinajstić information content (AvgIpc) is 3.05. The zero-order chi connectivity index (χ0) is 18.8. The highest BCUT2D eigenvalue weighted by atomic mass is 16.5. The van der Waals surface area contributed by atoms with Gasteiger partial charge in [0.25, 0.3) is 5.56 Å². The third kappa shape index (κ3) is 2.97. The van der Waals surface area contributed by atoms with E-state index in [1.165, 1.54) is 4.68 Å². The number of pyridine rings is 1. The summed E-state index contributed by atoms with van der Waals surface area (Å²) in [5.74, 6) is -0.530. The summed E-state index contributed by atoms with van der Waals surface area (Å²) in [7, 11) is 0. The highest BCUT2D eigenvalue weighted by Gasteiger charge is 2.26. The Morgan fingerprint density at radius 3 is 2.59 bits per heavy atom. The van der Waals surface area contributed by atoms with Crippen LogP contribution in [0.25, 0.3) is 16.9 Å². The summed E-state index contributed by atoms with van der Waals surface area (Å²) in [6.45, 7) is 1.96. The molecule has 0 fully saturated rings. The van der Waals surface area contributed by atoms with Gasteiger partial charge in [0.15, 0.2) is 0 Å². The summed E-state index contributed by atoms with van der Waals surface area (Å²) in [5.41, 5.74) is 1.18. The summed E-state index contributed by atoms with van der Waals surface area (Å²) in [5, 5.41) is 9.05. The van der Waals surface area contributed by atoms with Crippen LogP contribution < -0.4 is 15.9 Å². The monoisotopic (exact) mass is 363 g/mol. The van der Waals surface area contributed by atoms with Crippen LogP contribution in [0.5, 0.6) is 0 Å². The van der Waals surface area contributed by atoms with Crippen LogP contribution in [0.3, 0.4) is 0 Å². The molecule has 3 aliphatic heterocycles. The maximum atomic E-state index is 13.0. The molecule has 0 aromatic heterocycles. The normalized spacial score (nSPS) is 13.0. The number of fused-ring (bicyclic) bond motifs is 1. The van der Waals surface area contributed by atoms with Crippen molar-refractivity contribution in [1.82, 2.24) is 19.8 Å². The van der Waals surface area contributed by atoms with E-state index in [9.17, 15) is 9.59 Å². The van der Waals surface area contributed by atoms with Crippen molar-refractivity contribution >= 4 is 5.97 Å². The Hall–Kier alpha value is -3.81. The number of hydrogen-bond donors (Lipinski definition) is 1. The number of benzene rings is 1. The van der Waals surface area contributed by atoms with E-state index in [1.54, 1.807) is 65.9 Å². The van der Waals surface area contributed by atoms with Gasteiger partial charge >= 0.3 is 5.97 Å². The minimum Gasteiger partial charge on any atom is -0.462 e. The highest BCUT2D eigenvalue weighted by Crippen LogP contribution is 2.23. The van der Waals surface area contributed by atoms with Crippen LogP contribution in [0.1, 0.15) is 17.3 Å². The number of nitrogens with zero attached hydrogens (tertiary/aromatic N) is 4. The van der Waals surface area contributed by atoms with Crippen molar-refractivity contribution in [2.45, 2.75) is 6.92 Å². The predicted molar refractivity (Wildman–Crippen MR) is 100 cm³/mol. The lowest BCUT2D eigenvalue weighted by molar-refractivity contribution is 0.0526. The lowest BCUT2D eigenvalue weighted by atomic mass is 10.1. The molecule has 0 radical (unpaired) electrons. The molecule has 0 saturated heterocycles. The van der Waals surface area contributed by atoms with Gasteiger partial charge in [-0.1, -0.05) is 18.2 Å². The first-order valence-electron chi connectivity index (χ1n) is 8.44. The average molecular weight is 363 g/mol. The van der Waals surface area contributed by atoms with E-state index >= 15 is 0 Å². The second kappa shape index (κ2) is 6.83. The second-order valence-corrected chi connectivity index (χ2v) is 5.77. The van der Waals surface area contributed by atoms with Gasteiger partial charge in [0.2, 0.25) is 0 Å². The number of hydrogen-bond acceptors (Lipinski definition) is 6. The molecular formula is C19H17N5O3. The second-order valence-electron chi connectivity index (χ2n) is 5.77. The number of carbonyl (C=O) groups is 1. The van der Waals surface area contributed by atoms with E-state index in [2.05, 4.69) is 10.4 Å². The molecule has 0 unspecified atom stereocenters. The molecule has 1 aromatic rings. The molecule has 1 N–H and O–H groups in total. The Balaban J connectivity index is 1.94. The molecule has 3 heterocycles. The minimum absolute atomic E-state index is 0.224. The Kier molecular flexibility index (Phi) is 4.21. The van der Waals surface area contributed by atoms with Gasteiger partial charge < -0.3 is 10.1 Å². The van der Waals surface area contributed by atoms with Crippen LogP contribution in [-0.4, -0.2) is 27.0 Å². The minimum atomic E-state index is -0.530. The number of rotatable bonds is 4. The van der Waals surface area contributed by atoms with Crippen molar-refractivity contribution in [1.29, 1.82) is 0 Å². The van der Waals surface area contributed by atoms with E-state index < -0.39 is 5.97 Å². The third-order valence-corrected chi connectivity index (χ3v) is 4.07. The SMILES string of the molecule is CCOC(=O)c1cn(N2C=CNC=C2)cc2c(=O)n(-c3ccccc3)nc1-2. The molecule has 0 amide bonds. The van der Waals surface area contributed by atoms with Crippen molar-refractivity contribution in [2.24, 2.45) is 0 Å². The Morgan fingerprint density at radius 1 is 1.15 bits per heavy atom. The van der Waals surface area contributed by atoms with Crippen LogP contribution in [-0.2, 0) is 4.74 Å². The zero-order valence-corrected chi connectivity index (χ0v) is 14.6. The molecule has 0 aliphatic carbocycles. The van der Waals surface area contributed by atoms with Gasteiger partial charge in [0.1, 0.15) is 11.3 Å². The number of nitrogens with one attached hydrogen (secondary N) is 1. The lowest BCUT2D eigenvalue weighted by Crippen LogP contribution is -2.28. The maximum absolute atomic E-state index is 13.0. The van der Waals surface area contributed by atoms with Crippen molar-refractivity contribution in [3.63, 3.8) is 0 Å². The fourth-order valence-electron chi connectivity index (χ4n) is 2.83. The Morgan fingerprint density at radius 2 is 1.89 bits per heavy atom. The molecule has 3 aliphatic rings. The van der Waals surface area contributed by atoms with Gasteiger partial charge in [0, 0.05) is 37.2 Å². The Bertz CT molecular complexity index is 1050. The fraction of sp³-hybridized carbons (Fsp3) is 0.105.